The summed E-state index contributed by atoms with van der Waals surface area (Å²) >= 11 is 0. The minimum absolute atomic E-state index is 0.607. The van der Waals surface area contributed by atoms with Crippen molar-refractivity contribution < 1.29 is 8.42 Å². The molecule has 0 aromatic carbocycles. The second kappa shape index (κ2) is 5.00. The van der Waals surface area contributed by atoms with Gasteiger partial charge in [0.1, 0.15) is 0 Å². The maximum absolute atomic E-state index is 11.4. The van der Waals surface area contributed by atoms with Crippen molar-refractivity contribution in [3.8, 4) is 0 Å². The predicted octanol–water partition coefficient (Wildman–Crippen LogP) is -0.684. The van der Waals surface area contributed by atoms with Gasteiger partial charge in [0.2, 0.25) is 10.0 Å². The lowest BCUT2D eigenvalue weighted by molar-refractivity contribution is 0.119. The van der Waals surface area contributed by atoms with Crippen molar-refractivity contribution >= 4 is 10.0 Å². The molecule has 94 valence electrons. The molecule has 2 rings (SSSR count). The van der Waals surface area contributed by atoms with E-state index in [1.165, 1.54) is 19.1 Å². The van der Waals surface area contributed by atoms with Gasteiger partial charge in [0.25, 0.3) is 0 Å². The largest absolute Gasteiger partial charge is 0.315 e. The highest BCUT2D eigenvalue weighted by Gasteiger charge is 2.28. The Hall–Kier alpha value is -0.170. The first kappa shape index (κ1) is 12.3. The van der Waals surface area contributed by atoms with Crippen molar-refractivity contribution in [2.24, 2.45) is 0 Å². The average molecular weight is 247 g/mol. The molecule has 5 nitrogen and oxygen atoms in total. The molecule has 0 bridgehead atoms. The predicted molar refractivity (Wildman–Crippen MR) is 63.9 cm³/mol. The van der Waals surface area contributed by atoms with Gasteiger partial charge >= 0.3 is 0 Å². The molecule has 0 aliphatic carbocycles. The number of hydrogen-bond acceptors (Lipinski definition) is 4. The highest BCUT2D eigenvalue weighted by atomic mass is 32.2. The van der Waals surface area contributed by atoms with Gasteiger partial charge in [0, 0.05) is 38.8 Å². The molecule has 2 aliphatic heterocycles. The van der Waals surface area contributed by atoms with Gasteiger partial charge in [-0.3, -0.25) is 4.90 Å². The molecule has 2 fully saturated rings. The van der Waals surface area contributed by atoms with E-state index in [-0.39, 0.29) is 0 Å². The highest BCUT2D eigenvalue weighted by Crippen LogP contribution is 2.14. The zero-order valence-electron chi connectivity index (χ0n) is 9.85. The fourth-order valence-corrected chi connectivity index (χ4v) is 3.37. The molecule has 1 unspecified atom stereocenters. The Morgan fingerprint density at radius 1 is 1.19 bits per heavy atom. The van der Waals surface area contributed by atoms with Gasteiger partial charge in [-0.25, -0.2) is 8.42 Å². The molecule has 1 N–H and O–H groups in total. The van der Waals surface area contributed by atoms with Gasteiger partial charge in [0.05, 0.1) is 6.26 Å². The van der Waals surface area contributed by atoms with Crippen LogP contribution in [0.2, 0.25) is 0 Å². The molecule has 0 aromatic heterocycles. The molecule has 0 radical (unpaired) electrons. The van der Waals surface area contributed by atoms with E-state index in [2.05, 4.69) is 10.2 Å². The third-order valence-electron chi connectivity index (χ3n) is 3.53. The van der Waals surface area contributed by atoms with Crippen LogP contribution in [0, 0.1) is 0 Å². The summed E-state index contributed by atoms with van der Waals surface area (Å²) in [5.74, 6) is 0. The summed E-state index contributed by atoms with van der Waals surface area (Å²) in [4.78, 5) is 2.42. The van der Waals surface area contributed by atoms with Crippen LogP contribution in [-0.4, -0.2) is 69.2 Å². The second-order valence-corrected chi connectivity index (χ2v) is 6.68. The lowest BCUT2D eigenvalue weighted by atomic mass is 10.1. The molecule has 0 amide bonds. The normalized spacial score (nSPS) is 30.4. The maximum atomic E-state index is 11.4. The van der Waals surface area contributed by atoms with E-state index in [0.717, 1.165) is 26.2 Å². The average Bonchev–Trinajstić information content (AvgIpc) is 2.29. The maximum Gasteiger partial charge on any atom is 0.211 e. The highest BCUT2D eigenvalue weighted by molar-refractivity contribution is 7.88. The van der Waals surface area contributed by atoms with Crippen LogP contribution >= 0.6 is 0 Å². The summed E-state index contributed by atoms with van der Waals surface area (Å²) in [6.07, 6.45) is 3.77. The SMILES string of the molecule is CS(=O)(=O)N1CCN(C2CCCNC2)CC1. The Kier molecular flexibility index (Phi) is 3.84. The molecule has 0 aromatic rings. The summed E-state index contributed by atoms with van der Waals surface area (Å²) in [6.45, 7) is 5.22. The van der Waals surface area contributed by atoms with E-state index >= 15 is 0 Å². The monoisotopic (exact) mass is 247 g/mol. The van der Waals surface area contributed by atoms with Crippen molar-refractivity contribution in [2.75, 3.05) is 45.5 Å². The van der Waals surface area contributed by atoms with Crippen molar-refractivity contribution in [2.45, 2.75) is 18.9 Å². The van der Waals surface area contributed by atoms with E-state index in [9.17, 15) is 8.42 Å². The summed E-state index contributed by atoms with van der Waals surface area (Å²) in [5, 5.41) is 3.40. The number of nitrogens with zero attached hydrogens (tertiary/aromatic N) is 2. The van der Waals surface area contributed by atoms with Gasteiger partial charge in [-0.1, -0.05) is 0 Å². The molecule has 2 aliphatic rings. The minimum Gasteiger partial charge on any atom is -0.315 e. The molecule has 1 atom stereocenters. The number of rotatable bonds is 2. The van der Waals surface area contributed by atoms with Crippen LogP contribution in [0.1, 0.15) is 12.8 Å². The van der Waals surface area contributed by atoms with E-state index in [0.29, 0.717) is 19.1 Å². The molecule has 2 saturated heterocycles. The quantitative estimate of drug-likeness (QED) is 0.702. The summed E-state index contributed by atoms with van der Waals surface area (Å²) < 4.78 is 24.3. The summed E-state index contributed by atoms with van der Waals surface area (Å²) in [7, 11) is -2.99. The van der Waals surface area contributed by atoms with Gasteiger partial charge in [-0.15, -0.1) is 0 Å². The summed E-state index contributed by atoms with van der Waals surface area (Å²) in [6, 6.07) is 0.607. The molecule has 0 spiro atoms. The zero-order chi connectivity index (χ0) is 11.6. The van der Waals surface area contributed by atoms with Gasteiger partial charge in [0.15, 0.2) is 0 Å². The van der Waals surface area contributed by atoms with Gasteiger partial charge in [-0.2, -0.15) is 4.31 Å². The Morgan fingerprint density at radius 2 is 1.88 bits per heavy atom. The smallest absolute Gasteiger partial charge is 0.211 e. The second-order valence-electron chi connectivity index (χ2n) is 4.70. The molecule has 6 heteroatoms. The van der Waals surface area contributed by atoms with Gasteiger partial charge < -0.3 is 5.32 Å². The van der Waals surface area contributed by atoms with Crippen LogP contribution < -0.4 is 5.32 Å². The lowest BCUT2D eigenvalue weighted by Crippen LogP contribution is -2.55. The number of piperazine rings is 1. The number of nitrogens with one attached hydrogen (secondary N) is 1. The van der Waals surface area contributed by atoms with E-state index in [4.69, 9.17) is 0 Å². The lowest BCUT2D eigenvalue weighted by Gasteiger charge is -2.40. The zero-order valence-corrected chi connectivity index (χ0v) is 10.7. The van der Waals surface area contributed by atoms with Crippen LogP contribution in [0.25, 0.3) is 0 Å². The van der Waals surface area contributed by atoms with Crippen molar-refractivity contribution in [3.05, 3.63) is 0 Å². The van der Waals surface area contributed by atoms with Crippen LogP contribution in [0.5, 0.6) is 0 Å². The topological polar surface area (TPSA) is 52.7 Å². The molecule has 16 heavy (non-hydrogen) atoms. The Bertz CT molecular complexity index is 317. The Labute approximate surface area is 97.8 Å². The van der Waals surface area contributed by atoms with E-state index < -0.39 is 10.0 Å². The molecular formula is C10H21N3O2S. The third-order valence-corrected chi connectivity index (χ3v) is 4.83. The fourth-order valence-electron chi connectivity index (χ4n) is 2.55. The number of hydrogen-bond donors (Lipinski definition) is 1. The summed E-state index contributed by atoms with van der Waals surface area (Å²) in [5.41, 5.74) is 0. The van der Waals surface area contributed by atoms with E-state index in [1.54, 1.807) is 4.31 Å². The van der Waals surface area contributed by atoms with Crippen LogP contribution in [-0.2, 0) is 10.0 Å². The standard InChI is InChI=1S/C10H21N3O2S/c1-16(14,15)13-7-5-12(6-8-13)10-3-2-4-11-9-10/h10-11H,2-9H2,1H3. The minimum atomic E-state index is -2.99. The first-order valence-electron chi connectivity index (χ1n) is 5.97. The first-order valence-corrected chi connectivity index (χ1v) is 7.82. The molecule has 2 heterocycles. The molecule has 0 saturated carbocycles. The number of piperidine rings is 1. The van der Waals surface area contributed by atoms with Crippen molar-refractivity contribution in [3.63, 3.8) is 0 Å². The fraction of sp³-hybridized carbons (Fsp3) is 1.00. The van der Waals surface area contributed by atoms with E-state index in [1.807, 2.05) is 0 Å². The molecular weight excluding hydrogens is 226 g/mol. The Morgan fingerprint density at radius 3 is 2.38 bits per heavy atom. The van der Waals surface area contributed by atoms with Crippen LogP contribution in [0.3, 0.4) is 0 Å². The van der Waals surface area contributed by atoms with Crippen LogP contribution in [0.15, 0.2) is 0 Å². The third kappa shape index (κ3) is 2.94. The van der Waals surface area contributed by atoms with Crippen molar-refractivity contribution in [1.82, 2.24) is 14.5 Å². The van der Waals surface area contributed by atoms with Crippen LogP contribution in [0.4, 0.5) is 0 Å². The van der Waals surface area contributed by atoms with Crippen molar-refractivity contribution in [1.29, 1.82) is 0 Å². The van der Waals surface area contributed by atoms with Gasteiger partial charge in [-0.05, 0) is 19.4 Å². The first-order chi connectivity index (χ1) is 7.57. The number of sulfonamides is 1. The Balaban J connectivity index is 1.85.